The van der Waals surface area contributed by atoms with Gasteiger partial charge in [-0.2, -0.15) is 11.8 Å². The van der Waals surface area contributed by atoms with E-state index in [-0.39, 0.29) is 5.60 Å². The average molecular weight is 246 g/mol. The smallest absolute Gasteiger partial charge is 0.0902 e. The summed E-state index contributed by atoms with van der Waals surface area (Å²) in [6.45, 7) is 8.32. The normalized spacial score (nSPS) is 20.8. The zero-order valence-electron chi connectivity index (χ0n) is 11.1. The average Bonchev–Trinajstić information content (AvgIpc) is 2.23. The summed E-state index contributed by atoms with van der Waals surface area (Å²) in [4.78, 5) is 2.42. The first-order valence-electron chi connectivity index (χ1n) is 6.15. The van der Waals surface area contributed by atoms with Gasteiger partial charge in [0, 0.05) is 31.4 Å². The highest BCUT2D eigenvalue weighted by Gasteiger charge is 2.32. The minimum absolute atomic E-state index is 0.0993. The van der Waals surface area contributed by atoms with E-state index in [0.29, 0.717) is 6.04 Å². The summed E-state index contributed by atoms with van der Waals surface area (Å²) >= 11 is 1.92. The molecule has 3 nitrogen and oxygen atoms in total. The van der Waals surface area contributed by atoms with Crippen molar-refractivity contribution in [1.82, 2.24) is 10.2 Å². The Kier molecular flexibility index (Phi) is 6.11. The molecule has 16 heavy (non-hydrogen) atoms. The highest BCUT2D eigenvalue weighted by atomic mass is 32.2. The van der Waals surface area contributed by atoms with Gasteiger partial charge in [-0.05, 0) is 26.6 Å². The lowest BCUT2D eigenvalue weighted by Gasteiger charge is -2.39. The van der Waals surface area contributed by atoms with Gasteiger partial charge in [0.2, 0.25) is 0 Å². The maximum absolute atomic E-state index is 5.90. The van der Waals surface area contributed by atoms with Crippen molar-refractivity contribution < 1.29 is 4.74 Å². The van der Waals surface area contributed by atoms with Gasteiger partial charge < -0.3 is 15.0 Å². The summed E-state index contributed by atoms with van der Waals surface area (Å²) in [7, 11) is 2.20. The van der Waals surface area contributed by atoms with Gasteiger partial charge in [0.15, 0.2) is 0 Å². The Morgan fingerprint density at radius 2 is 2.19 bits per heavy atom. The van der Waals surface area contributed by atoms with Crippen molar-refractivity contribution in [3.05, 3.63) is 0 Å². The number of nitrogens with zero attached hydrogens (tertiary/aromatic N) is 1. The molecule has 1 heterocycles. The van der Waals surface area contributed by atoms with Crippen LogP contribution in [0, 0.1) is 0 Å². The number of hydrogen-bond donors (Lipinski definition) is 1. The van der Waals surface area contributed by atoms with Gasteiger partial charge in [-0.1, -0.05) is 6.92 Å². The third kappa shape index (κ3) is 4.24. The molecule has 0 aromatic carbocycles. The number of rotatable bonds is 8. The number of ether oxygens (including phenoxy) is 1. The van der Waals surface area contributed by atoms with Crippen molar-refractivity contribution in [3.63, 3.8) is 0 Å². The Morgan fingerprint density at radius 3 is 2.62 bits per heavy atom. The quantitative estimate of drug-likeness (QED) is 0.700. The number of nitrogens with one attached hydrogen (secondary N) is 1. The van der Waals surface area contributed by atoms with Gasteiger partial charge in [-0.25, -0.2) is 0 Å². The molecular weight excluding hydrogens is 220 g/mol. The molecule has 1 atom stereocenters. The van der Waals surface area contributed by atoms with Gasteiger partial charge >= 0.3 is 0 Å². The lowest BCUT2D eigenvalue weighted by Crippen LogP contribution is -2.59. The number of likely N-dealkylation sites (N-methyl/N-ethyl adjacent to an activating group) is 1. The van der Waals surface area contributed by atoms with Crippen LogP contribution in [-0.2, 0) is 4.74 Å². The second kappa shape index (κ2) is 6.84. The first-order chi connectivity index (χ1) is 7.61. The highest BCUT2D eigenvalue weighted by molar-refractivity contribution is 7.98. The monoisotopic (exact) mass is 246 g/mol. The molecule has 1 unspecified atom stereocenters. The summed E-state index contributed by atoms with van der Waals surface area (Å²) in [6.07, 6.45) is 3.39. The largest absolute Gasteiger partial charge is 0.371 e. The lowest BCUT2D eigenvalue weighted by atomic mass is 10.0. The minimum atomic E-state index is 0.0993. The van der Waals surface area contributed by atoms with Crippen LogP contribution in [-0.4, -0.2) is 61.8 Å². The maximum atomic E-state index is 5.90. The second-order valence-corrected chi connectivity index (χ2v) is 5.81. The molecule has 0 spiro atoms. The van der Waals surface area contributed by atoms with Crippen molar-refractivity contribution >= 4 is 11.8 Å². The fourth-order valence-electron chi connectivity index (χ4n) is 1.95. The Hall–Kier alpha value is 0.230. The third-order valence-corrected chi connectivity index (χ3v) is 4.06. The molecule has 0 bridgehead atoms. The zero-order valence-corrected chi connectivity index (χ0v) is 11.9. The van der Waals surface area contributed by atoms with Gasteiger partial charge in [-0.3, -0.25) is 0 Å². The minimum Gasteiger partial charge on any atom is -0.371 e. The fourth-order valence-corrected chi connectivity index (χ4v) is 2.82. The van der Waals surface area contributed by atoms with E-state index in [1.54, 1.807) is 0 Å². The molecule has 0 radical (unpaired) electrons. The first kappa shape index (κ1) is 14.3. The molecule has 0 saturated carbocycles. The van der Waals surface area contributed by atoms with Crippen molar-refractivity contribution in [1.29, 1.82) is 0 Å². The molecule has 0 aromatic heterocycles. The maximum Gasteiger partial charge on any atom is 0.0902 e. The first-order valence-corrected chi connectivity index (χ1v) is 7.54. The van der Waals surface area contributed by atoms with E-state index in [0.717, 1.165) is 26.2 Å². The van der Waals surface area contributed by atoms with Crippen molar-refractivity contribution in [2.75, 3.05) is 45.3 Å². The van der Waals surface area contributed by atoms with Crippen molar-refractivity contribution in [2.24, 2.45) is 0 Å². The van der Waals surface area contributed by atoms with Crippen LogP contribution in [0.4, 0.5) is 0 Å². The van der Waals surface area contributed by atoms with Crippen LogP contribution in [0.5, 0.6) is 0 Å². The fraction of sp³-hybridized carbons (Fsp3) is 1.00. The molecule has 96 valence electrons. The highest BCUT2D eigenvalue weighted by Crippen LogP contribution is 2.15. The van der Waals surface area contributed by atoms with E-state index in [4.69, 9.17) is 4.74 Å². The van der Waals surface area contributed by atoms with Crippen LogP contribution in [0.25, 0.3) is 0 Å². The Labute approximate surface area is 104 Å². The lowest BCUT2D eigenvalue weighted by molar-refractivity contribution is -0.0724. The van der Waals surface area contributed by atoms with Crippen LogP contribution in [0.15, 0.2) is 0 Å². The molecule has 1 fully saturated rings. The van der Waals surface area contributed by atoms with Gasteiger partial charge in [-0.15, -0.1) is 0 Å². The summed E-state index contributed by atoms with van der Waals surface area (Å²) < 4.78 is 5.90. The van der Waals surface area contributed by atoms with Crippen LogP contribution in [0.1, 0.15) is 20.3 Å². The third-order valence-electron chi connectivity index (χ3n) is 3.35. The zero-order chi connectivity index (χ0) is 12.0. The summed E-state index contributed by atoms with van der Waals surface area (Å²) in [5, 5.41) is 3.25. The summed E-state index contributed by atoms with van der Waals surface area (Å²) in [5.74, 6) is 1.21. The predicted molar refractivity (Wildman–Crippen MR) is 72.3 cm³/mol. The molecule has 0 aromatic rings. The van der Waals surface area contributed by atoms with Gasteiger partial charge in [0.25, 0.3) is 0 Å². The molecule has 1 N–H and O–H groups in total. The standard InChI is InChI=1S/C12H26N2OS/c1-5-11(8-16-4)14(3)6-7-15-12(2)9-13-10-12/h11,13H,5-10H2,1-4H3. The van der Waals surface area contributed by atoms with Gasteiger partial charge in [0.05, 0.1) is 12.2 Å². The molecule has 4 heteroatoms. The summed E-state index contributed by atoms with van der Waals surface area (Å²) in [6, 6.07) is 0.686. The molecular formula is C12H26N2OS. The molecule has 0 amide bonds. The Balaban J connectivity index is 2.15. The van der Waals surface area contributed by atoms with Crippen LogP contribution in [0.2, 0.25) is 0 Å². The predicted octanol–water partition coefficient (Wildman–Crippen LogP) is 1.44. The Morgan fingerprint density at radius 1 is 1.50 bits per heavy atom. The molecule has 1 saturated heterocycles. The van der Waals surface area contributed by atoms with Crippen molar-refractivity contribution in [2.45, 2.75) is 31.9 Å². The summed E-state index contributed by atoms with van der Waals surface area (Å²) in [5.41, 5.74) is 0.0993. The van der Waals surface area contributed by atoms with Crippen LogP contribution >= 0.6 is 11.8 Å². The van der Waals surface area contributed by atoms with Gasteiger partial charge in [0.1, 0.15) is 0 Å². The van der Waals surface area contributed by atoms with E-state index < -0.39 is 0 Å². The van der Waals surface area contributed by atoms with Crippen LogP contribution in [0.3, 0.4) is 0 Å². The van der Waals surface area contributed by atoms with E-state index in [2.05, 4.69) is 37.4 Å². The van der Waals surface area contributed by atoms with E-state index >= 15 is 0 Å². The second-order valence-electron chi connectivity index (χ2n) is 4.90. The SMILES string of the molecule is CCC(CSC)N(C)CCOC1(C)CNC1. The van der Waals surface area contributed by atoms with E-state index in [1.165, 1.54) is 12.2 Å². The molecule has 1 aliphatic rings. The van der Waals surface area contributed by atoms with E-state index in [1.807, 2.05) is 11.8 Å². The molecule has 1 rings (SSSR count). The van der Waals surface area contributed by atoms with E-state index in [9.17, 15) is 0 Å². The van der Waals surface area contributed by atoms with Crippen molar-refractivity contribution in [3.8, 4) is 0 Å². The topological polar surface area (TPSA) is 24.5 Å². The molecule has 1 aliphatic heterocycles. The Bertz CT molecular complexity index is 197. The van der Waals surface area contributed by atoms with Crippen LogP contribution < -0.4 is 5.32 Å². The molecule has 0 aliphatic carbocycles. The number of thioether (sulfide) groups is 1. The number of hydrogen-bond acceptors (Lipinski definition) is 4.